The molecular formula is C51H33N3O. The van der Waals surface area contributed by atoms with Crippen molar-refractivity contribution in [2.24, 2.45) is 0 Å². The maximum absolute atomic E-state index is 6.52. The zero-order valence-electron chi connectivity index (χ0n) is 29.8. The SMILES string of the molecule is c1ccc(-c2nc3cccc(-c4cccc(N(c5ccc6ccccc6c5)c5cc6c7ccccc7n(-c7ccccc7)c6c6ccccc56)c4)c3o2)cc1. The van der Waals surface area contributed by atoms with Gasteiger partial charge in [0.05, 0.1) is 16.7 Å². The molecule has 4 heteroatoms. The van der Waals surface area contributed by atoms with Crippen LogP contribution in [0, 0.1) is 0 Å². The van der Waals surface area contributed by atoms with Crippen LogP contribution in [-0.2, 0) is 0 Å². The van der Waals surface area contributed by atoms with Crippen LogP contribution in [0.15, 0.2) is 205 Å². The molecule has 258 valence electrons. The van der Waals surface area contributed by atoms with Crippen LogP contribution in [-0.4, -0.2) is 9.55 Å². The van der Waals surface area contributed by atoms with Gasteiger partial charge in [-0.1, -0.05) is 133 Å². The van der Waals surface area contributed by atoms with Gasteiger partial charge in [0.2, 0.25) is 5.89 Å². The molecule has 55 heavy (non-hydrogen) atoms. The van der Waals surface area contributed by atoms with Crippen molar-refractivity contribution < 1.29 is 4.42 Å². The van der Waals surface area contributed by atoms with Gasteiger partial charge in [-0.3, -0.25) is 0 Å². The second-order valence-corrected chi connectivity index (χ2v) is 14.0. The fraction of sp³-hybridized carbons (Fsp3) is 0. The largest absolute Gasteiger partial charge is 0.435 e. The molecule has 11 rings (SSSR count). The number of para-hydroxylation sites is 3. The van der Waals surface area contributed by atoms with Crippen molar-refractivity contribution in [3.05, 3.63) is 200 Å². The van der Waals surface area contributed by atoms with Crippen LogP contribution in [0.1, 0.15) is 0 Å². The Bertz CT molecular complexity index is 3210. The first-order valence-electron chi connectivity index (χ1n) is 18.6. The predicted molar refractivity (Wildman–Crippen MR) is 229 cm³/mol. The highest BCUT2D eigenvalue weighted by atomic mass is 16.3. The van der Waals surface area contributed by atoms with Gasteiger partial charge in [0, 0.05) is 49.7 Å². The third-order valence-corrected chi connectivity index (χ3v) is 10.8. The fourth-order valence-electron chi connectivity index (χ4n) is 8.27. The molecule has 0 bridgehead atoms. The van der Waals surface area contributed by atoms with E-state index < -0.39 is 0 Å². The van der Waals surface area contributed by atoms with E-state index in [9.17, 15) is 0 Å². The highest BCUT2D eigenvalue weighted by Crippen LogP contribution is 2.46. The summed E-state index contributed by atoms with van der Waals surface area (Å²) in [5, 5.41) is 7.17. The molecule has 0 amide bonds. The molecule has 0 aliphatic rings. The van der Waals surface area contributed by atoms with Crippen LogP contribution in [0.25, 0.3) is 82.7 Å². The molecular weight excluding hydrogens is 671 g/mol. The van der Waals surface area contributed by atoms with Crippen molar-refractivity contribution in [1.29, 1.82) is 0 Å². The van der Waals surface area contributed by atoms with Crippen molar-refractivity contribution in [1.82, 2.24) is 9.55 Å². The molecule has 2 heterocycles. The van der Waals surface area contributed by atoms with Crippen molar-refractivity contribution in [3.8, 4) is 28.3 Å². The number of benzene rings is 9. The number of nitrogens with zero attached hydrogens (tertiary/aromatic N) is 3. The Kier molecular flexibility index (Phi) is 7.14. The molecule has 0 unspecified atom stereocenters. The minimum Gasteiger partial charge on any atom is -0.435 e. The van der Waals surface area contributed by atoms with E-state index >= 15 is 0 Å². The third kappa shape index (κ3) is 5.11. The Morgan fingerprint density at radius 2 is 1.13 bits per heavy atom. The van der Waals surface area contributed by atoms with Gasteiger partial charge in [0.1, 0.15) is 5.52 Å². The van der Waals surface area contributed by atoms with Gasteiger partial charge in [0.15, 0.2) is 5.58 Å². The van der Waals surface area contributed by atoms with E-state index in [-0.39, 0.29) is 0 Å². The van der Waals surface area contributed by atoms with Gasteiger partial charge in [-0.05, 0) is 83.1 Å². The number of hydrogen-bond donors (Lipinski definition) is 0. The Morgan fingerprint density at radius 1 is 0.455 bits per heavy atom. The molecule has 4 nitrogen and oxygen atoms in total. The van der Waals surface area contributed by atoms with E-state index in [1.165, 1.54) is 43.4 Å². The summed E-state index contributed by atoms with van der Waals surface area (Å²) in [4.78, 5) is 7.30. The molecule has 0 aliphatic heterocycles. The Labute approximate surface area is 317 Å². The van der Waals surface area contributed by atoms with Crippen molar-refractivity contribution in [2.75, 3.05) is 4.90 Å². The first kappa shape index (κ1) is 31.1. The second kappa shape index (κ2) is 12.6. The lowest BCUT2D eigenvalue weighted by Crippen LogP contribution is -2.11. The summed E-state index contributed by atoms with van der Waals surface area (Å²) in [6, 6.07) is 71.1. The molecule has 2 aromatic heterocycles. The summed E-state index contributed by atoms with van der Waals surface area (Å²) in [7, 11) is 0. The molecule has 0 saturated carbocycles. The maximum Gasteiger partial charge on any atom is 0.227 e. The first-order chi connectivity index (χ1) is 27.3. The first-order valence-corrected chi connectivity index (χ1v) is 18.6. The molecule has 11 aromatic rings. The summed E-state index contributed by atoms with van der Waals surface area (Å²) in [6.07, 6.45) is 0. The summed E-state index contributed by atoms with van der Waals surface area (Å²) >= 11 is 0. The van der Waals surface area contributed by atoms with E-state index in [0.29, 0.717) is 5.89 Å². The molecule has 0 fully saturated rings. The van der Waals surface area contributed by atoms with Crippen LogP contribution in [0.5, 0.6) is 0 Å². The Morgan fingerprint density at radius 3 is 1.98 bits per heavy atom. The molecule has 0 radical (unpaired) electrons. The lowest BCUT2D eigenvalue weighted by Gasteiger charge is -2.28. The smallest absolute Gasteiger partial charge is 0.227 e. The normalized spacial score (nSPS) is 11.6. The summed E-state index contributed by atoms with van der Waals surface area (Å²) in [5.74, 6) is 0.617. The van der Waals surface area contributed by atoms with Crippen LogP contribution >= 0.6 is 0 Å². The number of oxazole rings is 1. The van der Waals surface area contributed by atoms with Crippen LogP contribution in [0.4, 0.5) is 17.1 Å². The average molecular weight is 704 g/mol. The number of aromatic nitrogens is 2. The highest BCUT2D eigenvalue weighted by molar-refractivity contribution is 6.22. The quantitative estimate of drug-likeness (QED) is 0.173. The van der Waals surface area contributed by atoms with Gasteiger partial charge in [-0.2, -0.15) is 0 Å². The second-order valence-electron chi connectivity index (χ2n) is 14.0. The minimum absolute atomic E-state index is 0.617. The third-order valence-electron chi connectivity index (χ3n) is 10.8. The van der Waals surface area contributed by atoms with Gasteiger partial charge < -0.3 is 13.9 Å². The van der Waals surface area contributed by atoms with Gasteiger partial charge >= 0.3 is 0 Å². The number of rotatable bonds is 6. The predicted octanol–water partition coefficient (Wildman–Crippen LogP) is 14.0. The summed E-state index contributed by atoms with van der Waals surface area (Å²) < 4.78 is 8.93. The summed E-state index contributed by atoms with van der Waals surface area (Å²) in [5.41, 5.74) is 11.4. The zero-order chi connectivity index (χ0) is 36.3. The average Bonchev–Trinajstić information content (AvgIpc) is 3.85. The van der Waals surface area contributed by atoms with E-state index in [4.69, 9.17) is 9.40 Å². The molecule has 0 aliphatic carbocycles. The fourth-order valence-corrected chi connectivity index (χ4v) is 8.27. The van der Waals surface area contributed by atoms with E-state index in [1.807, 2.05) is 36.4 Å². The Balaban J connectivity index is 1.18. The van der Waals surface area contributed by atoms with Gasteiger partial charge in [0.25, 0.3) is 0 Å². The topological polar surface area (TPSA) is 34.2 Å². The maximum atomic E-state index is 6.52. The summed E-state index contributed by atoms with van der Waals surface area (Å²) in [6.45, 7) is 0. The van der Waals surface area contributed by atoms with Crippen molar-refractivity contribution in [2.45, 2.75) is 0 Å². The van der Waals surface area contributed by atoms with E-state index in [1.54, 1.807) is 0 Å². The molecule has 0 spiro atoms. The number of hydrogen-bond acceptors (Lipinski definition) is 3. The van der Waals surface area contributed by atoms with Gasteiger partial charge in [-0.15, -0.1) is 0 Å². The van der Waals surface area contributed by atoms with Crippen LogP contribution < -0.4 is 4.90 Å². The van der Waals surface area contributed by atoms with E-state index in [2.05, 4.69) is 173 Å². The van der Waals surface area contributed by atoms with Crippen LogP contribution in [0.3, 0.4) is 0 Å². The number of fused-ring (bicyclic) bond motifs is 7. The van der Waals surface area contributed by atoms with Gasteiger partial charge in [-0.25, -0.2) is 4.98 Å². The standard InChI is InChI=1S/C51H33N3O/c1-3-16-35(17-4-1)51-52-46-27-14-26-41(50(46)55-51)37-19-13-22-39(32-37)53(40-30-29-34-15-7-8-18-36(34)31-40)48-33-45-43-24-11-12-28-47(43)54(38-20-5-2-6-21-38)49(45)44-25-10-9-23-42(44)48/h1-33H. The lowest BCUT2D eigenvalue weighted by atomic mass is 10.00. The highest BCUT2D eigenvalue weighted by Gasteiger charge is 2.23. The lowest BCUT2D eigenvalue weighted by molar-refractivity contribution is 0.621. The van der Waals surface area contributed by atoms with Crippen LogP contribution in [0.2, 0.25) is 0 Å². The molecule has 0 N–H and O–H groups in total. The monoisotopic (exact) mass is 703 g/mol. The molecule has 0 saturated heterocycles. The number of anilines is 3. The van der Waals surface area contributed by atoms with Crippen molar-refractivity contribution in [3.63, 3.8) is 0 Å². The molecule has 9 aromatic carbocycles. The zero-order valence-corrected chi connectivity index (χ0v) is 29.8. The molecule has 0 atom stereocenters. The Hall–Kier alpha value is -7.43. The van der Waals surface area contributed by atoms with E-state index in [0.717, 1.165) is 50.5 Å². The van der Waals surface area contributed by atoms with Crippen molar-refractivity contribution >= 4 is 71.5 Å². The minimum atomic E-state index is 0.617.